The second kappa shape index (κ2) is 6.11. The average molecular weight is 406 g/mol. The van der Waals surface area contributed by atoms with Crippen molar-refractivity contribution < 1.29 is 8.78 Å². The van der Waals surface area contributed by atoms with Crippen molar-refractivity contribution in [1.82, 2.24) is 9.97 Å². The number of H-pyrrole nitrogens is 1. The summed E-state index contributed by atoms with van der Waals surface area (Å²) in [6.07, 6.45) is 1.80. The molecule has 1 aliphatic rings. The van der Waals surface area contributed by atoms with E-state index in [1.807, 2.05) is 23.1 Å². The lowest BCUT2D eigenvalue weighted by Crippen LogP contribution is -2.29. The van der Waals surface area contributed by atoms with Crippen LogP contribution in [0.25, 0.3) is 10.9 Å². The summed E-state index contributed by atoms with van der Waals surface area (Å²) < 4.78 is 29.2. The zero-order chi connectivity index (χ0) is 17.6. The lowest BCUT2D eigenvalue weighted by molar-refractivity contribution is 0.590. The van der Waals surface area contributed by atoms with Gasteiger partial charge in [-0.1, -0.05) is 22.0 Å². The van der Waals surface area contributed by atoms with Gasteiger partial charge in [0.25, 0.3) is 0 Å². The first kappa shape index (κ1) is 16.0. The van der Waals surface area contributed by atoms with Crippen LogP contribution in [0.5, 0.6) is 0 Å². The van der Waals surface area contributed by atoms with Crippen LogP contribution in [0, 0.1) is 11.6 Å². The molecule has 1 aromatic heterocycles. The Bertz CT molecular complexity index is 1050. The van der Waals surface area contributed by atoms with Crippen molar-refractivity contribution in [2.75, 3.05) is 11.4 Å². The Morgan fingerprint density at radius 2 is 2.12 bits per heavy atom. The molecule has 4 rings (SSSR count). The second-order valence-corrected chi connectivity index (χ2v) is 6.67. The molecule has 25 heavy (non-hydrogen) atoms. The van der Waals surface area contributed by atoms with Crippen LogP contribution < -0.4 is 16.4 Å². The van der Waals surface area contributed by atoms with Gasteiger partial charge in [0, 0.05) is 22.8 Å². The summed E-state index contributed by atoms with van der Waals surface area (Å²) in [5, 5.41) is 3.77. The molecule has 8 heteroatoms. The minimum Gasteiger partial charge on any atom is -0.325 e. The van der Waals surface area contributed by atoms with E-state index in [1.165, 1.54) is 6.07 Å². The molecule has 3 N–H and O–H groups in total. The Hall–Kier alpha value is -2.48. The predicted molar refractivity (Wildman–Crippen MR) is 95.2 cm³/mol. The second-order valence-electron chi connectivity index (χ2n) is 5.82. The molecule has 3 aromatic rings. The standard InChI is InChI=1S/C17H14BrF2N5/c18-11-4-1-5-14-10(11)3-2-6-25(14)16-15-12(20)7-9(19)8-13(15)22-17(23-16)24-21/h1,4-5,7-8H,2-3,6,21H2,(H,22,23,24). The van der Waals surface area contributed by atoms with Crippen LogP contribution in [0.1, 0.15) is 12.0 Å². The predicted octanol–water partition coefficient (Wildman–Crippen LogP) is 3.46. The maximum Gasteiger partial charge on any atom is 0.246 e. The maximum absolute atomic E-state index is 14.6. The third-order valence-electron chi connectivity index (χ3n) is 4.31. The van der Waals surface area contributed by atoms with E-state index in [0.29, 0.717) is 12.4 Å². The van der Waals surface area contributed by atoms with E-state index in [1.54, 1.807) is 0 Å². The van der Waals surface area contributed by atoms with Gasteiger partial charge in [-0.3, -0.25) is 0 Å². The van der Waals surface area contributed by atoms with Gasteiger partial charge in [0.05, 0.1) is 10.9 Å². The smallest absolute Gasteiger partial charge is 0.246 e. The molecular formula is C17H14BrF2N5. The Morgan fingerprint density at radius 1 is 1.28 bits per heavy atom. The molecule has 0 aliphatic carbocycles. The minimum absolute atomic E-state index is 0.106. The number of halogens is 3. The van der Waals surface area contributed by atoms with Crippen LogP contribution in [0.3, 0.4) is 0 Å². The third kappa shape index (κ3) is 2.66. The monoisotopic (exact) mass is 405 g/mol. The first-order valence-electron chi connectivity index (χ1n) is 7.76. The molecule has 0 saturated carbocycles. The first-order chi connectivity index (χ1) is 12.1. The van der Waals surface area contributed by atoms with E-state index in [0.717, 1.165) is 34.6 Å². The maximum atomic E-state index is 14.6. The highest BCUT2D eigenvalue weighted by atomic mass is 79.9. The number of rotatable bonds is 1. The van der Waals surface area contributed by atoms with E-state index in [-0.39, 0.29) is 16.5 Å². The van der Waals surface area contributed by atoms with Gasteiger partial charge >= 0.3 is 0 Å². The number of anilines is 2. The highest BCUT2D eigenvalue weighted by molar-refractivity contribution is 9.10. The van der Waals surface area contributed by atoms with Crippen LogP contribution >= 0.6 is 15.9 Å². The molecule has 0 amide bonds. The molecule has 128 valence electrons. The summed E-state index contributed by atoms with van der Waals surface area (Å²) in [6, 6.07) is 7.92. The Labute approximate surface area is 150 Å². The highest BCUT2D eigenvalue weighted by Gasteiger charge is 2.24. The SMILES string of the molecule is N/N=c1/nc(N2CCCc3c(Br)cccc32)c2c(F)cc(F)cc2[nH]1. The van der Waals surface area contributed by atoms with E-state index >= 15 is 0 Å². The number of nitrogens with two attached hydrogens (primary N) is 1. The number of nitrogens with zero attached hydrogens (tertiary/aromatic N) is 3. The van der Waals surface area contributed by atoms with E-state index in [2.05, 4.69) is 31.0 Å². The zero-order valence-electron chi connectivity index (χ0n) is 13.1. The van der Waals surface area contributed by atoms with Gasteiger partial charge in [0.1, 0.15) is 17.5 Å². The fourth-order valence-corrected chi connectivity index (χ4v) is 3.82. The molecule has 0 unspecified atom stereocenters. The molecule has 0 atom stereocenters. The van der Waals surface area contributed by atoms with Gasteiger partial charge in [-0.25, -0.2) is 8.78 Å². The lowest BCUT2D eigenvalue weighted by atomic mass is 10.0. The average Bonchev–Trinajstić information content (AvgIpc) is 2.60. The number of nitrogens with one attached hydrogen (secondary N) is 1. The van der Waals surface area contributed by atoms with Crippen molar-refractivity contribution in [2.24, 2.45) is 10.9 Å². The molecule has 2 aromatic carbocycles. The zero-order valence-corrected chi connectivity index (χ0v) is 14.6. The van der Waals surface area contributed by atoms with Gasteiger partial charge < -0.3 is 15.7 Å². The quantitative estimate of drug-likeness (QED) is 0.481. The van der Waals surface area contributed by atoms with Crippen LogP contribution in [0.15, 0.2) is 39.9 Å². The van der Waals surface area contributed by atoms with Crippen molar-refractivity contribution in [1.29, 1.82) is 0 Å². The molecule has 0 saturated heterocycles. The summed E-state index contributed by atoms with van der Waals surface area (Å²) in [7, 11) is 0. The van der Waals surface area contributed by atoms with Gasteiger partial charge in [-0.15, -0.1) is 5.10 Å². The van der Waals surface area contributed by atoms with Gasteiger partial charge in [-0.2, -0.15) is 4.98 Å². The fourth-order valence-electron chi connectivity index (χ4n) is 3.26. The molecular weight excluding hydrogens is 392 g/mol. The highest BCUT2D eigenvalue weighted by Crippen LogP contribution is 2.38. The number of fused-ring (bicyclic) bond motifs is 2. The van der Waals surface area contributed by atoms with E-state index < -0.39 is 11.6 Å². The lowest BCUT2D eigenvalue weighted by Gasteiger charge is -2.31. The van der Waals surface area contributed by atoms with Gasteiger partial charge in [-0.05, 0) is 36.6 Å². The molecule has 0 bridgehead atoms. The van der Waals surface area contributed by atoms with E-state index in [4.69, 9.17) is 5.84 Å². The van der Waals surface area contributed by atoms with Crippen LogP contribution in [0.4, 0.5) is 20.3 Å². The molecule has 2 heterocycles. The number of hydrogen-bond donors (Lipinski definition) is 2. The Morgan fingerprint density at radius 3 is 2.92 bits per heavy atom. The number of hydrogen-bond acceptors (Lipinski definition) is 4. The van der Waals surface area contributed by atoms with E-state index in [9.17, 15) is 8.78 Å². The largest absolute Gasteiger partial charge is 0.325 e. The summed E-state index contributed by atoms with van der Waals surface area (Å²) in [6.45, 7) is 0.663. The number of aromatic nitrogens is 2. The van der Waals surface area contributed by atoms with Crippen molar-refractivity contribution in [3.63, 3.8) is 0 Å². The van der Waals surface area contributed by atoms with Crippen LogP contribution in [-0.2, 0) is 6.42 Å². The van der Waals surface area contributed by atoms with Crippen molar-refractivity contribution in [3.05, 3.63) is 57.6 Å². The van der Waals surface area contributed by atoms with Crippen molar-refractivity contribution in [3.8, 4) is 0 Å². The molecule has 0 fully saturated rings. The van der Waals surface area contributed by atoms with Gasteiger partial charge in [0.2, 0.25) is 5.62 Å². The minimum atomic E-state index is -0.681. The van der Waals surface area contributed by atoms with Crippen LogP contribution in [-0.4, -0.2) is 16.5 Å². The summed E-state index contributed by atoms with van der Waals surface area (Å²) in [5.74, 6) is 4.36. The van der Waals surface area contributed by atoms with Crippen molar-refractivity contribution >= 4 is 38.3 Å². The first-order valence-corrected chi connectivity index (χ1v) is 8.55. The topological polar surface area (TPSA) is 70.3 Å². The van der Waals surface area contributed by atoms with Crippen LogP contribution in [0.2, 0.25) is 0 Å². The molecule has 0 spiro atoms. The molecule has 0 radical (unpaired) electrons. The normalized spacial score (nSPS) is 14.8. The molecule has 1 aliphatic heterocycles. The number of benzene rings is 2. The summed E-state index contributed by atoms with van der Waals surface area (Å²) in [5.41, 5.74) is 2.43. The van der Waals surface area contributed by atoms with Crippen molar-refractivity contribution in [2.45, 2.75) is 12.8 Å². The Kier molecular flexibility index (Phi) is 3.91. The Balaban J connectivity index is 2.04. The number of aromatic amines is 1. The summed E-state index contributed by atoms with van der Waals surface area (Å²) >= 11 is 3.57. The molecule has 5 nitrogen and oxygen atoms in total. The third-order valence-corrected chi connectivity index (χ3v) is 5.05. The van der Waals surface area contributed by atoms with Gasteiger partial charge in [0.15, 0.2) is 0 Å². The fraction of sp³-hybridized carbons (Fsp3) is 0.176. The summed E-state index contributed by atoms with van der Waals surface area (Å²) in [4.78, 5) is 9.04.